The molecule has 1 aliphatic heterocycles. The Morgan fingerprint density at radius 3 is 2.83 bits per heavy atom. The van der Waals surface area contributed by atoms with Crippen LogP contribution in [0.3, 0.4) is 0 Å². The monoisotopic (exact) mass is 396 g/mol. The molecule has 8 heteroatoms. The van der Waals surface area contributed by atoms with Gasteiger partial charge in [0.1, 0.15) is 12.4 Å². The first kappa shape index (κ1) is 19.4. The number of hydrogen-bond acceptors (Lipinski definition) is 7. The Bertz CT molecular complexity index is 943. The van der Waals surface area contributed by atoms with Crippen molar-refractivity contribution in [1.29, 1.82) is 0 Å². The maximum atomic E-state index is 9.72. The van der Waals surface area contributed by atoms with Crippen LogP contribution >= 0.6 is 0 Å². The standard InChI is InChI=1S/C21H28N6O2/c1-15(2)27-14-23-18-19(22-10-12-29-17-8-4-3-5-9-17)24-21(25-20(18)27)26-11-6-7-16(26)13-28/h3-5,8-9,14-16,28H,6-7,10-13H2,1-2H3,(H,22,24,25). The Morgan fingerprint density at radius 2 is 2.07 bits per heavy atom. The minimum atomic E-state index is 0.0668. The van der Waals surface area contributed by atoms with Crippen molar-refractivity contribution < 1.29 is 9.84 Å². The van der Waals surface area contributed by atoms with Gasteiger partial charge in [-0.3, -0.25) is 0 Å². The quantitative estimate of drug-likeness (QED) is 0.566. The number of hydrogen-bond donors (Lipinski definition) is 2. The van der Waals surface area contributed by atoms with Crippen molar-refractivity contribution >= 4 is 22.9 Å². The number of aliphatic hydroxyl groups excluding tert-OH is 1. The Balaban J connectivity index is 1.57. The Labute approximate surface area is 170 Å². The number of aliphatic hydroxyl groups is 1. The molecular formula is C21H28N6O2. The van der Waals surface area contributed by atoms with Crippen LogP contribution in [0.4, 0.5) is 11.8 Å². The molecular weight excluding hydrogens is 368 g/mol. The first-order valence-corrected chi connectivity index (χ1v) is 10.2. The summed E-state index contributed by atoms with van der Waals surface area (Å²) in [5.74, 6) is 2.18. The maximum absolute atomic E-state index is 9.72. The van der Waals surface area contributed by atoms with Gasteiger partial charge >= 0.3 is 0 Å². The molecule has 1 unspecified atom stereocenters. The first-order chi connectivity index (χ1) is 14.2. The van der Waals surface area contributed by atoms with E-state index in [-0.39, 0.29) is 18.7 Å². The van der Waals surface area contributed by atoms with Gasteiger partial charge in [0.2, 0.25) is 5.95 Å². The van der Waals surface area contributed by atoms with Crippen LogP contribution in [0.5, 0.6) is 5.75 Å². The van der Waals surface area contributed by atoms with Gasteiger partial charge in [-0.1, -0.05) is 18.2 Å². The minimum Gasteiger partial charge on any atom is -0.492 e. The van der Waals surface area contributed by atoms with Crippen LogP contribution in [-0.2, 0) is 0 Å². The van der Waals surface area contributed by atoms with E-state index >= 15 is 0 Å². The molecule has 0 amide bonds. The van der Waals surface area contributed by atoms with E-state index in [9.17, 15) is 5.11 Å². The highest BCUT2D eigenvalue weighted by molar-refractivity contribution is 5.84. The number of imidazole rings is 1. The van der Waals surface area contributed by atoms with Crippen LogP contribution in [0.15, 0.2) is 36.7 Å². The van der Waals surface area contributed by atoms with E-state index in [1.54, 1.807) is 0 Å². The smallest absolute Gasteiger partial charge is 0.229 e. The van der Waals surface area contributed by atoms with Gasteiger partial charge in [-0.15, -0.1) is 0 Å². The maximum Gasteiger partial charge on any atom is 0.229 e. The zero-order valence-electron chi connectivity index (χ0n) is 17.0. The van der Waals surface area contributed by atoms with Crippen molar-refractivity contribution in [3.8, 4) is 5.75 Å². The molecule has 0 saturated carbocycles. The van der Waals surface area contributed by atoms with Gasteiger partial charge in [-0.2, -0.15) is 9.97 Å². The third-order valence-electron chi connectivity index (χ3n) is 5.22. The SMILES string of the molecule is CC(C)n1cnc2c(NCCOc3ccccc3)nc(N3CCCC3CO)nc21. The number of ether oxygens (including phenoxy) is 1. The van der Waals surface area contributed by atoms with Gasteiger partial charge < -0.3 is 24.6 Å². The molecule has 3 heterocycles. The average molecular weight is 396 g/mol. The van der Waals surface area contributed by atoms with Crippen LogP contribution in [0.25, 0.3) is 11.2 Å². The van der Waals surface area contributed by atoms with Crippen molar-refractivity contribution in [2.24, 2.45) is 0 Å². The number of fused-ring (bicyclic) bond motifs is 1. The lowest BCUT2D eigenvalue weighted by Crippen LogP contribution is -2.33. The lowest BCUT2D eigenvalue weighted by atomic mass is 10.2. The molecule has 154 valence electrons. The summed E-state index contributed by atoms with van der Waals surface area (Å²) in [4.78, 5) is 16.2. The number of nitrogens with one attached hydrogen (secondary N) is 1. The largest absolute Gasteiger partial charge is 0.492 e. The number of anilines is 2. The first-order valence-electron chi connectivity index (χ1n) is 10.2. The van der Waals surface area contributed by atoms with Crippen LogP contribution in [0.2, 0.25) is 0 Å². The number of rotatable bonds is 8. The number of nitrogens with zero attached hydrogens (tertiary/aromatic N) is 5. The predicted octanol–water partition coefficient (Wildman–Crippen LogP) is 2.86. The fourth-order valence-corrected chi connectivity index (χ4v) is 3.68. The molecule has 1 aromatic carbocycles. The van der Waals surface area contributed by atoms with Gasteiger partial charge in [0.15, 0.2) is 17.0 Å². The van der Waals surface area contributed by atoms with E-state index in [0.29, 0.717) is 24.9 Å². The minimum absolute atomic E-state index is 0.0668. The molecule has 0 bridgehead atoms. The summed E-state index contributed by atoms with van der Waals surface area (Å²) in [6.07, 6.45) is 3.80. The van der Waals surface area contributed by atoms with Crippen molar-refractivity contribution in [2.75, 3.05) is 36.5 Å². The summed E-state index contributed by atoms with van der Waals surface area (Å²) >= 11 is 0. The molecule has 29 heavy (non-hydrogen) atoms. The van der Waals surface area contributed by atoms with Crippen molar-refractivity contribution in [2.45, 2.75) is 38.8 Å². The summed E-state index contributed by atoms with van der Waals surface area (Å²) < 4.78 is 7.82. The molecule has 3 aromatic rings. The van der Waals surface area contributed by atoms with Crippen LogP contribution in [0, 0.1) is 0 Å². The molecule has 1 atom stereocenters. The zero-order valence-corrected chi connectivity index (χ0v) is 17.0. The van der Waals surface area contributed by atoms with Crippen molar-refractivity contribution in [1.82, 2.24) is 19.5 Å². The second-order valence-electron chi connectivity index (χ2n) is 7.55. The molecule has 1 aliphatic rings. The van der Waals surface area contributed by atoms with E-state index in [4.69, 9.17) is 14.7 Å². The molecule has 4 rings (SSSR count). The Hall–Kier alpha value is -2.87. The fraction of sp³-hybridized carbons (Fsp3) is 0.476. The van der Waals surface area contributed by atoms with Crippen molar-refractivity contribution in [3.05, 3.63) is 36.7 Å². The molecule has 0 aliphatic carbocycles. The van der Waals surface area contributed by atoms with E-state index in [1.807, 2.05) is 36.7 Å². The number of benzene rings is 1. The summed E-state index contributed by atoms with van der Waals surface area (Å²) in [6.45, 7) is 6.28. The van der Waals surface area contributed by atoms with E-state index in [0.717, 1.165) is 36.3 Å². The summed E-state index contributed by atoms with van der Waals surface area (Å²) in [6, 6.07) is 10.1. The predicted molar refractivity (Wildman–Crippen MR) is 114 cm³/mol. The lowest BCUT2D eigenvalue weighted by molar-refractivity contribution is 0.265. The third kappa shape index (κ3) is 4.12. The third-order valence-corrected chi connectivity index (χ3v) is 5.22. The van der Waals surface area contributed by atoms with Crippen LogP contribution in [-0.4, -0.2) is 57.0 Å². The topological polar surface area (TPSA) is 88.3 Å². The molecule has 1 saturated heterocycles. The summed E-state index contributed by atoms with van der Waals surface area (Å²) in [5, 5.41) is 13.1. The number of para-hydroxylation sites is 1. The van der Waals surface area contributed by atoms with E-state index < -0.39 is 0 Å². The lowest BCUT2D eigenvalue weighted by Gasteiger charge is -2.23. The van der Waals surface area contributed by atoms with Gasteiger partial charge in [-0.05, 0) is 38.8 Å². The fourth-order valence-electron chi connectivity index (χ4n) is 3.68. The van der Waals surface area contributed by atoms with Gasteiger partial charge in [0, 0.05) is 12.6 Å². The van der Waals surface area contributed by atoms with Gasteiger partial charge in [0.25, 0.3) is 0 Å². The second kappa shape index (κ2) is 8.65. The molecule has 2 N–H and O–H groups in total. The molecule has 8 nitrogen and oxygen atoms in total. The number of aromatic nitrogens is 4. The normalized spacial score (nSPS) is 16.7. The highest BCUT2D eigenvalue weighted by Crippen LogP contribution is 2.28. The highest BCUT2D eigenvalue weighted by atomic mass is 16.5. The van der Waals surface area contributed by atoms with E-state index in [1.165, 1.54) is 0 Å². The van der Waals surface area contributed by atoms with Crippen molar-refractivity contribution in [3.63, 3.8) is 0 Å². The molecule has 0 radical (unpaired) electrons. The zero-order chi connectivity index (χ0) is 20.2. The summed E-state index contributed by atoms with van der Waals surface area (Å²) in [7, 11) is 0. The molecule has 2 aromatic heterocycles. The van der Waals surface area contributed by atoms with E-state index in [2.05, 4.69) is 33.6 Å². The Kier molecular flexibility index (Phi) is 5.80. The van der Waals surface area contributed by atoms with Crippen LogP contribution < -0.4 is 15.0 Å². The average Bonchev–Trinajstić information content (AvgIpc) is 3.38. The highest BCUT2D eigenvalue weighted by Gasteiger charge is 2.27. The van der Waals surface area contributed by atoms with Crippen LogP contribution in [0.1, 0.15) is 32.7 Å². The summed E-state index contributed by atoms with van der Waals surface area (Å²) in [5.41, 5.74) is 1.56. The van der Waals surface area contributed by atoms with Gasteiger partial charge in [-0.25, -0.2) is 4.98 Å². The van der Waals surface area contributed by atoms with Gasteiger partial charge in [0.05, 0.1) is 25.5 Å². The molecule has 0 spiro atoms. The second-order valence-corrected chi connectivity index (χ2v) is 7.55. The molecule has 1 fully saturated rings. The Morgan fingerprint density at radius 1 is 1.24 bits per heavy atom.